The molecule has 0 unspecified atom stereocenters. The Balaban J connectivity index is -0.0000000430. The van der Waals surface area contributed by atoms with Gasteiger partial charge in [-0.15, -0.1) is 9.05 Å². The molecule has 0 bridgehead atoms. The molecule has 42 heavy (non-hydrogen) atoms. The van der Waals surface area contributed by atoms with Gasteiger partial charge in [0.15, 0.2) is 0 Å². The summed E-state index contributed by atoms with van der Waals surface area (Å²) in [5, 5.41) is 138. The Morgan fingerprint density at radius 2 is 0.381 bits per heavy atom. The molecule has 0 aromatic rings. The van der Waals surface area contributed by atoms with Gasteiger partial charge < -0.3 is 91.9 Å². The highest BCUT2D eigenvalue weighted by Gasteiger charge is 2.18. The Bertz CT molecular complexity index is 239. The third-order valence-electron chi connectivity index (χ3n) is 1.38. The monoisotopic (exact) mass is 665 g/mol. The van der Waals surface area contributed by atoms with Crippen molar-refractivity contribution in [1.82, 2.24) is 0 Å². The van der Waals surface area contributed by atoms with Gasteiger partial charge in [-0.1, -0.05) is 0 Å². The van der Waals surface area contributed by atoms with Gasteiger partial charge in [-0.05, 0) is 0 Å². The van der Waals surface area contributed by atoms with Gasteiger partial charge in [0.05, 0.1) is 119 Å². The molecule has 0 aliphatic rings. The molecule has 0 heterocycles. The maximum Gasteiger partial charge on any atom is 0.697 e. The molecule has 18 N–H and O–H groups in total. The fraction of sp³-hybridized carbons (Fsp3) is 1.00. The summed E-state index contributed by atoms with van der Waals surface area (Å²) >= 11 is 0. The van der Waals surface area contributed by atoms with E-state index in [9.17, 15) is 4.57 Å². The molecule has 0 aromatic carbocycles. The van der Waals surface area contributed by atoms with Crippen LogP contribution < -0.4 is 0 Å². The molecule has 21 nitrogen and oxygen atoms in total. The van der Waals surface area contributed by atoms with Crippen molar-refractivity contribution in [2.24, 2.45) is 0 Å². The molecule has 22 heteroatoms. The van der Waals surface area contributed by atoms with E-state index in [4.69, 9.17) is 91.9 Å². The number of aliphatic hydroxyl groups excluding tert-OH is 18. The average molecular weight is 666 g/mol. The van der Waals surface area contributed by atoms with Crippen LogP contribution in [0.4, 0.5) is 0 Å². The van der Waals surface area contributed by atoms with Crippen molar-refractivity contribution < 1.29 is 106 Å². The zero-order valence-corrected chi connectivity index (χ0v) is 24.8. The van der Waals surface area contributed by atoms with Gasteiger partial charge >= 0.3 is 8.25 Å². The van der Waals surface area contributed by atoms with Crippen molar-refractivity contribution in [3.8, 4) is 0 Å². The highest BCUT2D eigenvalue weighted by molar-refractivity contribution is 7.33. The summed E-state index contributed by atoms with van der Waals surface area (Å²) in [5.41, 5.74) is 0. The Hall–Kier alpha value is -0.700. The SMILES string of the molecule is O=[P+](OCCO)OCCO.OCCO.OCCO.OCCO.OCCO.OCCO.OCCO.OCCO.OCCO. The Morgan fingerprint density at radius 3 is 0.452 bits per heavy atom. The highest BCUT2D eigenvalue weighted by Crippen LogP contribution is 2.22. The molecule has 0 aliphatic carbocycles. The summed E-state index contributed by atoms with van der Waals surface area (Å²) in [6.45, 7) is -2.41. The molecule has 0 radical (unpaired) electrons. The van der Waals surface area contributed by atoms with Crippen LogP contribution in [0.2, 0.25) is 0 Å². The van der Waals surface area contributed by atoms with Crippen LogP contribution in [0.5, 0.6) is 0 Å². The van der Waals surface area contributed by atoms with Gasteiger partial charge in [-0.2, -0.15) is 0 Å². The second-order valence-corrected chi connectivity index (χ2v) is 5.88. The highest BCUT2D eigenvalue weighted by atomic mass is 31.1. The molecular formula is C20H58O21P+. The number of rotatable bonds is 14. The zero-order chi connectivity index (χ0) is 35.1. The fourth-order valence-corrected chi connectivity index (χ4v) is 0.804. The van der Waals surface area contributed by atoms with Gasteiger partial charge in [0.25, 0.3) is 0 Å². The first-order valence-electron chi connectivity index (χ1n) is 11.8. The number of aliphatic hydroxyl groups is 18. The van der Waals surface area contributed by atoms with Crippen LogP contribution in [-0.2, 0) is 13.6 Å². The van der Waals surface area contributed by atoms with Crippen LogP contribution in [0.25, 0.3) is 0 Å². The molecule has 268 valence electrons. The van der Waals surface area contributed by atoms with Crippen molar-refractivity contribution in [3.63, 3.8) is 0 Å². The van der Waals surface area contributed by atoms with E-state index in [0.717, 1.165) is 0 Å². The molecule has 0 aromatic heterocycles. The van der Waals surface area contributed by atoms with Crippen LogP contribution in [0, 0.1) is 0 Å². The first-order chi connectivity index (χ1) is 20.1. The minimum atomic E-state index is -2.16. The standard InChI is InChI=1S/C4H10O5P.8C2H6O2/c5-1-3-8-10(7)9-4-2-6;8*3-1-2-4/h5-6H,1-4H2;8*3-4H,1-2H2/q+1;;;;;;;;. The first-order valence-corrected chi connectivity index (χ1v) is 12.9. The summed E-state index contributed by atoms with van der Waals surface area (Å²) in [7, 11) is -2.16. The topological polar surface area (TPSA) is 400 Å². The summed E-state index contributed by atoms with van der Waals surface area (Å²) in [4.78, 5) is 0. The molecular weight excluding hydrogens is 607 g/mol. The smallest absolute Gasteiger partial charge is 0.394 e. The molecule has 0 saturated carbocycles. The lowest BCUT2D eigenvalue weighted by Gasteiger charge is -1.85. The molecule has 0 spiro atoms. The second-order valence-electron chi connectivity index (χ2n) is 4.91. The molecule has 0 aliphatic heterocycles. The van der Waals surface area contributed by atoms with Gasteiger partial charge in [-0.25, -0.2) is 0 Å². The Morgan fingerprint density at radius 1 is 0.262 bits per heavy atom. The van der Waals surface area contributed by atoms with Crippen LogP contribution >= 0.6 is 8.25 Å². The van der Waals surface area contributed by atoms with Crippen molar-refractivity contribution in [2.75, 3.05) is 132 Å². The lowest BCUT2D eigenvalue weighted by Crippen LogP contribution is -1.96. The third kappa shape index (κ3) is 246. The van der Waals surface area contributed by atoms with Crippen molar-refractivity contribution in [2.45, 2.75) is 0 Å². The molecule has 0 rings (SSSR count). The minimum Gasteiger partial charge on any atom is -0.394 e. The quantitative estimate of drug-likeness (QED) is 0.0765. The molecule has 0 saturated heterocycles. The predicted octanol–water partition coefficient (Wildman–Crippen LogP) is -8.57. The van der Waals surface area contributed by atoms with Crippen molar-refractivity contribution in [1.29, 1.82) is 0 Å². The maximum atomic E-state index is 10.4. The fourth-order valence-electron chi connectivity index (χ4n) is 0.268. The van der Waals surface area contributed by atoms with Gasteiger partial charge in [0.2, 0.25) is 0 Å². The van der Waals surface area contributed by atoms with Crippen molar-refractivity contribution >= 4 is 8.25 Å². The summed E-state index contributed by atoms with van der Waals surface area (Å²) in [6, 6.07) is 0. The van der Waals surface area contributed by atoms with E-state index in [1.807, 2.05) is 0 Å². The minimum absolute atomic E-state index is 0.0133. The van der Waals surface area contributed by atoms with Crippen LogP contribution in [0.1, 0.15) is 0 Å². The van der Waals surface area contributed by atoms with E-state index in [-0.39, 0.29) is 132 Å². The van der Waals surface area contributed by atoms with E-state index in [1.54, 1.807) is 0 Å². The molecule has 0 fully saturated rings. The lowest BCUT2D eigenvalue weighted by atomic mass is 10.8. The average Bonchev–Trinajstić information content (AvgIpc) is 3.06. The summed E-state index contributed by atoms with van der Waals surface area (Å²) < 4.78 is 19.3. The second kappa shape index (κ2) is 105. The molecule has 0 amide bonds. The van der Waals surface area contributed by atoms with E-state index in [2.05, 4.69) is 9.05 Å². The third-order valence-corrected chi connectivity index (χ3v) is 2.16. The van der Waals surface area contributed by atoms with Gasteiger partial charge in [-0.3, -0.25) is 0 Å². The van der Waals surface area contributed by atoms with Crippen LogP contribution in [0.15, 0.2) is 0 Å². The number of hydrogen-bond acceptors (Lipinski definition) is 21. The predicted molar refractivity (Wildman–Crippen MR) is 147 cm³/mol. The summed E-state index contributed by atoms with van der Waals surface area (Å²) in [6.07, 6.45) is 0. The van der Waals surface area contributed by atoms with Gasteiger partial charge in [0.1, 0.15) is 13.2 Å². The first kappa shape index (κ1) is 64.3. The van der Waals surface area contributed by atoms with E-state index < -0.39 is 8.25 Å². The zero-order valence-electron chi connectivity index (χ0n) is 23.9. The summed E-state index contributed by atoms with van der Waals surface area (Å²) in [5.74, 6) is 0. The molecule has 0 atom stereocenters. The maximum absolute atomic E-state index is 10.4. The van der Waals surface area contributed by atoms with E-state index in [0.29, 0.717) is 0 Å². The normalized spacial score (nSPS) is 8.05. The van der Waals surface area contributed by atoms with Crippen LogP contribution in [-0.4, -0.2) is 224 Å². The van der Waals surface area contributed by atoms with E-state index in [1.165, 1.54) is 0 Å². The van der Waals surface area contributed by atoms with Crippen molar-refractivity contribution in [3.05, 3.63) is 0 Å². The lowest BCUT2D eigenvalue weighted by molar-refractivity contribution is 0.154. The van der Waals surface area contributed by atoms with Crippen LogP contribution in [0.3, 0.4) is 0 Å². The number of hydrogen-bond donors (Lipinski definition) is 18. The Kier molecular flexibility index (Phi) is 161. The van der Waals surface area contributed by atoms with Gasteiger partial charge in [0, 0.05) is 4.57 Å². The Labute approximate surface area is 246 Å². The van der Waals surface area contributed by atoms with E-state index >= 15 is 0 Å². The largest absolute Gasteiger partial charge is 0.697 e.